The number of alkyl halides is 3. The van der Waals surface area contributed by atoms with Crippen LogP contribution in [0.4, 0.5) is 13.2 Å². The standard InChI is InChI=1S/C18H22F3N3O/c19-18(20,21)15-13-11-24(10-7-14(13)22-23-15)16(25)17(8-4-9-17)12-5-2-1-3-6-12/h1-3,5-6,13-15,22-23H,4,7-11H2. The first-order chi connectivity index (χ1) is 11.9. The lowest BCUT2D eigenvalue weighted by atomic mass is 9.63. The first-order valence-corrected chi connectivity index (χ1v) is 8.84. The van der Waals surface area contributed by atoms with Crippen LogP contribution in [0.1, 0.15) is 31.2 Å². The fraction of sp³-hybridized carbons (Fsp3) is 0.611. The van der Waals surface area contributed by atoms with Gasteiger partial charge in [-0.2, -0.15) is 13.2 Å². The fourth-order valence-corrected chi connectivity index (χ4v) is 4.53. The fourth-order valence-electron chi connectivity index (χ4n) is 4.53. The number of hydrazine groups is 1. The lowest BCUT2D eigenvalue weighted by Gasteiger charge is -2.46. The molecule has 1 aliphatic carbocycles. The zero-order valence-electron chi connectivity index (χ0n) is 13.9. The molecule has 2 aliphatic heterocycles. The summed E-state index contributed by atoms with van der Waals surface area (Å²) >= 11 is 0. The Hall–Kier alpha value is -1.60. The minimum Gasteiger partial charge on any atom is -0.341 e. The number of halogens is 3. The molecule has 4 rings (SSSR count). The molecule has 3 atom stereocenters. The first-order valence-electron chi connectivity index (χ1n) is 8.84. The van der Waals surface area contributed by atoms with Crippen molar-refractivity contribution in [1.82, 2.24) is 15.8 Å². The van der Waals surface area contributed by atoms with Gasteiger partial charge in [0.25, 0.3) is 0 Å². The predicted molar refractivity (Wildman–Crippen MR) is 86.6 cm³/mol. The molecule has 1 saturated carbocycles. The third kappa shape index (κ3) is 2.73. The SMILES string of the molecule is O=C(N1CCC2NNC(C(F)(F)F)C2C1)C1(c2ccccc2)CCC1. The highest BCUT2D eigenvalue weighted by Gasteiger charge is 2.55. The molecule has 0 aromatic heterocycles. The number of rotatable bonds is 2. The van der Waals surface area contributed by atoms with Crippen LogP contribution in [0.15, 0.2) is 30.3 Å². The van der Waals surface area contributed by atoms with E-state index in [9.17, 15) is 18.0 Å². The number of hydrogen-bond acceptors (Lipinski definition) is 3. The van der Waals surface area contributed by atoms with Crippen molar-refractivity contribution >= 4 is 5.91 Å². The van der Waals surface area contributed by atoms with E-state index in [4.69, 9.17) is 0 Å². The summed E-state index contributed by atoms with van der Waals surface area (Å²) in [7, 11) is 0. The van der Waals surface area contributed by atoms with Gasteiger partial charge in [-0.15, -0.1) is 0 Å². The first kappa shape index (κ1) is 16.8. The van der Waals surface area contributed by atoms with Crippen LogP contribution < -0.4 is 10.9 Å². The summed E-state index contributed by atoms with van der Waals surface area (Å²) in [5.41, 5.74) is 5.60. The number of carbonyl (C=O) groups is 1. The van der Waals surface area contributed by atoms with E-state index in [-0.39, 0.29) is 18.5 Å². The largest absolute Gasteiger partial charge is 0.405 e. The van der Waals surface area contributed by atoms with Crippen molar-refractivity contribution in [1.29, 1.82) is 0 Å². The lowest BCUT2D eigenvalue weighted by molar-refractivity contribution is -0.167. The van der Waals surface area contributed by atoms with Gasteiger partial charge >= 0.3 is 6.18 Å². The molecule has 0 spiro atoms. The number of hydrogen-bond donors (Lipinski definition) is 2. The zero-order valence-corrected chi connectivity index (χ0v) is 13.9. The number of carbonyl (C=O) groups excluding carboxylic acids is 1. The summed E-state index contributed by atoms with van der Waals surface area (Å²) in [4.78, 5) is 14.9. The Labute approximate surface area is 144 Å². The summed E-state index contributed by atoms with van der Waals surface area (Å²) in [6.07, 6.45) is -1.24. The second-order valence-electron chi connectivity index (χ2n) is 7.42. The number of nitrogens with one attached hydrogen (secondary N) is 2. The number of nitrogens with zero attached hydrogens (tertiary/aromatic N) is 1. The molecule has 2 saturated heterocycles. The van der Waals surface area contributed by atoms with Crippen LogP contribution in [0.3, 0.4) is 0 Å². The van der Waals surface area contributed by atoms with Crippen molar-refractivity contribution in [3.05, 3.63) is 35.9 Å². The maximum absolute atomic E-state index is 13.3. The molecular formula is C18H22F3N3O. The van der Waals surface area contributed by atoms with Gasteiger partial charge in [0.15, 0.2) is 0 Å². The molecule has 1 aromatic rings. The number of benzene rings is 1. The minimum atomic E-state index is -4.31. The van der Waals surface area contributed by atoms with Gasteiger partial charge in [0.1, 0.15) is 6.04 Å². The lowest BCUT2D eigenvalue weighted by Crippen LogP contribution is -2.57. The van der Waals surface area contributed by atoms with Crippen molar-refractivity contribution in [3.8, 4) is 0 Å². The summed E-state index contributed by atoms with van der Waals surface area (Å²) in [5.74, 6) is -0.637. The smallest absolute Gasteiger partial charge is 0.341 e. The van der Waals surface area contributed by atoms with Gasteiger partial charge in [-0.1, -0.05) is 36.8 Å². The normalized spacial score (nSPS) is 31.3. The van der Waals surface area contributed by atoms with E-state index in [1.165, 1.54) is 0 Å². The van der Waals surface area contributed by atoms with Crippen LogP contribution >= 0.6 is 0 Å². The van der Waals surface area contributed by atoms with E-state index in [0.717, 1.165) is 24.8 Å². The van der Waals surface area contributed by atoms with Crippen molar-refractivity contribution in [2.75, 3.05) is 13.1 Å². The predicted octanol–water partition coefficient (Wildman–Crippen LogP) is 2.36. The second kappa shape index (κ2) is 5.99. The minimum absolute atomic E-state index is 0.00350. The van der Waals surface area contributed by atoms with Crippen LogP contribution in [0.5, 0.6) is 0 Å². The Morgan fingerprint density at radius 3 is 2.48 bits per heavy atom. The molecule has 0 radical (unpaired) electrons. The number of fused-ring (bicyclic) bond motifs is 1. The van der Waals surface area contributed by atoms with Crippen LogP contribution in [0.2, 0.25) is 0 Å². The third-order valence-electron chi connectivity index (χ3n) is 6.09. The van der Waals surface area contributed by atoms with Gasteiger partial charge in [0.05, 0.1) is 5.41 Å². The van der Waals surface area contributed by atoms with Crippen molar-refractivity contribution in [3.63, 3.8) is 0 Å². The van der Waals surface area contributed by atoms with Crippen molar-refractivity contribution < 1.29 is 18.0 Å². The van der Waals surface area contributed by atoms with Gasteiger partial charge in [0, 0.05) is 25.0 Å². The Balaban J connectivity index is 1.55. The Kier molecular flexibility index (Phi) is 4.03. The van der Waals surface area contributed by atoms with Gasteiger partial charge in [-0.3, -0.25) is 10.2 Å². The summed E-state index contributed by atoms with van der Waals surface area (Å²) in [6, 6.07) is 7.84. The molecule has 2 heterocycles. The quantitative estimate of drug-likeness (QED) is 0.858. The topological polar surface area (TPSA) is 44.4 Å². The molecular weight excluding hydrogens is 331 g/mol. The maximum atomic E-state index is 13.3. The number of amides is 1. The van der Waals surface area contributed by atoms with Gasteiger partial charge in [-0.25, -0.2) is 5.43 Å². The van der Waals surface area contributed by atoms with Gasteiger partial charge in [-0.05, 0) is 24.8 Å². The monoisotopic (exact) mass is 353 g/mol. The highest BCUT2D eigenvalue weighted by molar-refractivity contribution is 5.89. The average Bonchev–Trinajstić information content (AvgIpc) is 2.98. The highest BCUT2D eigenvalue weighted by Crippen LogP contribution is 2.46. The summed E-state index contributed by atoms with van der Waals surface area (Å²) < 4.78 is 39.7. The Bertz CT molecular complexity index is 645. The molecule has 3 unspecified atom stereocenters. The van der Waals surface area contributed by atoms with E-state index in [1.807, 2.05) is 30.3 Å². The Morgan fingerprint density at radius 2 is 1.88 bits per heavy atom. The second-order valence-corrected chi connectivity index (χ2v) is 7.42. The van der Waals surface area contributed by atoms with E-state index >= 15 is 0 Å². The van der Waals surface area contributed by atoms with Crippen LogP contribution in [-0.4, -0.2) is 42.2 Å². The van der Waals surface area contributed by atoms with E-state index < -0.39 is 23.6 Å². The van der Waals surface area contributed by atoms with Gasteiger partial charge < -0.3 is 4.90 Å². The number of likely N-dealkylation sites (tertiary alicyclic amines) is 1. The number of piperidine rings is 1. The molecule has 2 N–H and O–H groups in total. The molecule has 3 fully saturated rings. The summed E-state index contributed by atoms with van der Waals surface area (Å²) in [5, 5.41) is 0. The van der Waals surface area contributed by atoms with E-state index in [0.29, 0.717) is 13.0 Å². The van der Waals surface area contributed by atoms with Crippen LogP contribution in [0, 0.1) is 5.92 Å². The third-order valence-corrected chi connectivity index (χ3v) is 6.09. The highest BCUT2D eigenvalue weighted by atomic mass is 19.4. The summed E-state index contributed by atoms with van der Waals surface area (Å²) in [6.45, 7) is 0.663. The van der Waals surface area contributed by atoms with Gasteiger partial charge in [0.2, 0.25) is 5.91 Å². The molecule has 0 bridgehead atoms. The molecule has 4 nitrogen and oxygen atoms in total. The molecule has 1 aromatic carbocycles. The van der Waals surface area contributed by atoms with E-state index in [1.54, 1.807) is 4.90 Å². The van der Waals surface area contributed by atoms with Crippen LogP contribution in [0.25, 0.3) is 0 Å². The molecule has 25 heavy (non-hydrogen) atoms. The van der Waals surface area contributed by atoms with E-state index in [2.05, 4.69) is 10.9 Å². The van der Waals surface area contributed by atoms with Crippen LogP contribution in [-0.2, 0) is 10.2 Å². The molecule has 7 heteroatoms. The average molecular weight is 353 g/mol. The zero-order chi connectivity index (χ0) is 17.7. The van der Waals surface area contributed by atoms with Crippen molar-refractivity contribution in [2.24, 2.45) is 5.92 Å². The van der Waals surface area contributed by atoms with Crippen molar-refractivity contribution in [2.45, 2.75) is 49.4 Å². The molecule has 136 valence electrons. The molecule has 1 amide bonds. The molecule has 3 aliphatic rings. The maximum Gasteiger partial charge on any atom is 0.405 e. The Morgan fingerprint density at radius 1 is 1.16 bits per heavy atom.